The topological polar surface area (TPSA) is 110 Å². The zero-order chi connectivity index (χ0) is 13.9. The highest BCUT2D eigenvalue weighted by Gasteiger charge is 2.23. The number of carbonyl (C=O) groups excluding carboxylic acids is 1. The van der Waals surface area contributed by atoms with Crippen molar-refractivity contribution in [2.75, 3.05) is 7.11 Å². The number of ether oxygens (including phenoxy) is 1. The molecule has 0 aliphatic heterocycles. The van der Waals surface area contributed by atoms with Crippen molar-refractivity contribution in [2.45, 2.75) is 17.9 Å². The summed E-state index contributed by atoms with van der Waals surface area (Å²) in [6.45, 7) is 1.20. The predicted molar refractivity (Wildman–Crippen MR) is 63.1 cm³/mol. The molecule has 0 saturated heterocycles. The first kappa shape index (κ1) is 14.6. The van der Waals surface area contributed by atoms with Gasteiger partial charge in [-0.3, -0.25) is 4.79 Å². The van der Waals surface area contributed by atoms with E-state index in [1.165, 1.54) is 19.4 Å². The van der Waals surface area contributed by atoms with E-state index in [0.717, 1.165) is 17.4 Å². The molecular formula is C9H11NO6S2. The maximum atomic E-state index is 11.8. The maximum Gasteiger partial charge on any atom is 0.348 e. The van der Waals surface area contributed by atoms with Crippen molar-refractivity contribution in [2.24, 2.45) is 0 Å². The van der Waals surface area contributed by atoms with Crippen LogP contribution in [0.15, 0.2) is 16.3 Å². The molecule has 2 N–H and O–H groups in total. The van der Waals surface area contributed by atoms with E-state index in [2.05, 4.69) is 4.74 Å². The van der Waals surface area contributed by atoms with Crippen molar-refractivity contribution in [1.29, 1.82) is 0 Å². The van der Waals surface area contributed by atoms with Crippen molar-refractivity contribution in [3.63, 3.8) is 0 Å². The van der Waals surface area contributed by atoms with Gasteiger partial charge in [-0.2, -0.15) is 4.72 Å². The molecule has 0 fully saturated rings. The van der Waals surface area contributed by atoms with Crippen LogP contribution < -0.4 is 4.72 Å². The highest BCUT2D eigenvalue weighted by Crippen LogP contribution is 2.20. The Hall–Kier alpha value is -1.45. The number of carboxylic acid groups (broad SMARTS) is 1. The summed E-state index contributed by atoms with van der Waals surface area (Å²) in [6.07, 6.45) is 0. The Balaban J connectivity index is 2.96. The number of sulfonamides is 1. The first-order valence-electron chi connectivity index (χ1n) is 4.70. The fourth-order valence-electron chi connectivity index (χ4n) is 1.02. The number of esters is 1. The predicted octanol–water partition coefficient (Wildman–Crippen LogP) is 0.286. The van der Waals surface area contributed by atoms with Crippen LogP contribution in [0.4, 0.5) is 0 Å². The van der Waals surface area contributed by atoms with Gasteiger partial charge >= 0.3 is 11.9 Å². The first-order valence-corrected chi connectivity index (χ1v) is 7.06. The molecule has 0 radical (unpaired) electrons. The minimum atomic E-state index is -3.95. The highest BCUT2D eigenvalue weighted by molar-refractivity contribution is 7.89. The summed E-state index contributed by atoms with van der Waals surface area (Å²) in [6, 6.07) is -0.121. The Morgan fingerprint density at radius 3 is 2.61 bits per heavy atom. The molecule has 1 aromatic rings. The molecule has 0 saturated carbocycles. The van der Waals surface area contributed by atoms with Gasteiger partial charge in [-0.1, -0.05) is 0 Å². The van der Waals surface area contributed by atoms with E-state index in [1.54, 1.807) is 0 Å². The van der Waals surface area contributed by atoms with Crippen molar-refractivity contribution in [3.8, 4) is 0 Å². The Labute approximate surface area is 107 Å². The van der Waals surface area contributed by atoms with Gasteiger partial charge in [-0.15, -0.1) is 11.3 Å². The Morgan fingerprint density at radius 1 is 1.50 bits per heavy atom. The zero-order valence-corrected chi connectivity index (χ0v) is 11.2. The SMILES string of the molecule is COC(=O)c1cc(S(=O)(=O)N[C@@H](C)C(=O)O)cs1. The van der Waals surface area contributed by atoms with Gasteiger partial charge in [-0.05, 0) is 13.0 Å². The minimum Gasteiger partial charge on any atom is -0.480 e. The molecular weight excluding hydrogens is 282 g/mol. The van der Waals surface area contributed by atoms with Gasteiger partial charge in [0.05, 0.1) is 12.0 Å². The molecule has 0 aliphatic rings. The molecule has 9 heteroatoms. The lowest BCUT2D eigenvalue weighted by atomic mass is 10.4. The number of rotatable bonds is 5. The normalized spacial score (nSPS) is 13.0. The lowest BCUT2D eigenvalue weighted by molar-refractivity contribution is -0.138. The standard InChI is InChI=1S/C9H11NO6S2/c1-5(8(11)12)10-18(14,15)6-3-7(17-4-6)9(13)16-2/h3-5,10H,1-2H3,(H,11,12)/t5-/m0/s1. The quantitative estimate of drug-likeness (QED) is 0.755. The average Bonchev–Trinajstić information content (AvgIpc) is 2.77. The Morgan fingerprint density at radius 2 is 2.11 bits per heavy atom. The van der Waals surface area contributed by atoms with E-state index in [-0.39, 0.29) is 9.77 Å². The molecule has 100 valence electrons. The van der Waals surface area contributed by atoms with E-state index in [4.69, 9.17) is 5.11 Å². The second-order valence-electron chi connectivity index (χ2n) is 3.32. The summed E-state index contributed by atoms with van der Waals surface area (Å²) in [4.78, 5) is 21.7. The monoisotopic (exact) mass is 293 g/mol. The van der Waals surface area contributed by atoms with Crippen molar-refractivity contribution in [1.82, 2.24) is 4.72 Å². The second-order valence-corrected chi connectivity index (χ2v) is 5.94. The molecule has 0 unspecified atom stereocenters. The molecule has 0 aromatic carbocycles. The summed E-state index contributed by atoms with van der Waals surface area (Å²) >= 11 is 0.903. The largest absolute Gasteiger partial charge is 0.480 e. The number of aliphatic carboxylic acids is 1. The van der Waals surface area contributed by atoms with E-state index < -0.39 is 28.0 Å². The van der Waals surface area contributed by atoms with Crippen molar-refractivity contribution >= 4 is 33.3 Å². The average molecular weight is 293 g/mol. The molecule has 0 bridgehead atoms. The Bertz CT molecular complexity index is 561. The number of hydrogen-bond donors (Lipinski definition) is 2. The second kappa shape index (κ2) is 5.46. The molecule has 1 heterocycles. The molecule has 0 aliphatic carbocycles. The lowest BCUT2D eigenvalue weighted by Crippen LogP contribution is -2.38. The number of nitrogens with one attached hydrogen (secondary N) is 1. The fourth-order valence-corrected chi connectivity index (χ4v) is 3.41. The van der Waals surface area contributed by atoms with Crippen molar-refractivity contribution < 1.29 is 27.9 Å². The lowest BCUT2D eigenvalue weighted by Gasteiger charge is -2.08. The van der Waals surface area contributed by atoms with Crippen LogP contribution >= 0.6 is 11.3 Å². The molecule has 0 amide bonds. The van der Waals surface area contributed by atoms with Gasteiger partial charge in [0, 0.05) is 5.38 Å². The van der Waals surface area contributed by atoms with Crippen LogP contribution in [0.1, 0.15) is 16.6 Å². The van der Waals surface area contributed by atoms with Crippen LogP contribution in [-0.2, 0) is 19.6 Å². The van der Waals surface area contributed by atoms with Gasteiger partial charge in [0.25, 0.3) is 0 Å². The molecule has 0 spiro atoms. The van der Waals surface area contributed by atoms with Gasteiger partial charge in [0.1, 0.15) is 10.9 Å². The summed E-state index contributed by atoms with van der Waals surface area (Å²) in [5, 5.41) is 9.86. The summed E-state index contributed by atoms with van der Waals surface area (Å²) in [5.74, 6) is -1.94. The van der Waals surface area contributed by atoms with Gasteiger partial charge in [0.15, 0.2) is 0 Å². The molecule has 1 atom stereocenters. The van der Waals surface area contributed by atoms with E-state index in [9.17, 15) is 18.0 Å². The van der Waals surface area contributed by atoms with Crippen LogP contribution in [0.2, 0.25) is 0 Å². The third-order valence-electron chi connectivity index (χ3n) is 1.97. The smallest absolute Gasteiger partial charge is 0.348 e. The van der Waals surface area contributed by atoms with E-state index in [1.807, 2.05) is 4.72 Å². The van der Waals surface area contributed by atoms with Crippen LogP contribution in [0.5, 0.6) is 0 Å². The highest BCUT2D eigenvalue weighted by atomic mass is 32.2. The zero-order valence-electron chi connectivity index (χ0n) is 9.54. The first-order chi connectivity index (χ1) is 8.27. The number of carboxylic acids is 1. The van der Waals surface area contributed by atoms with Crippen LogP contribution in [0.25, 0.3) is 0 Å². The maximum absolute atomic E-state index is 11.8. The van der Waals surface area contributed by atoms with E-state index in [0.29, 0.717) is 0 Å². The summed E-state index contributed by atoms with van der Waals surface area (Å²) < 4.78 is 29.9. The van der Waals surface area contributed by atoms with Crippen LogP contribution in [0.3, 0.4) is 0 Å². The summed E-state index contributed by atoms with van der Waals surface area (Å²) in [5.41, 5.74) is 0. The third kappa shape index (κ3) is 3.28. The third-order valence-corrected chi connectivity index (χ3v) is 4.55. The summed E-state index contributed by atoms with van der Waals surface area (Å²) in [7, 11) is -2.77. The molecule has 18 heavy (non-hydrogen) atoms. The van der Waals surface area contributed by atoms with Gasteiger partial charge < -0.3 is 9.84 Å². The Kier molecular flexibility index (Phi) is 4.43. The molecule has 7 nitrogen and oxygen atoms in total. The minimum absolute atomic E-state index is 0.126. The number of thiophene rings is 1. The van der Waals surface area contributed by atoms with Crippen LogP contribution in [-0.4, -0.2) is 38.6 Å². The van der Waals surface area contributed by atoms with Gasteiger partial charge in [-0.25, -0.2) is 13.2 Å². The van der Waals surface area contributed by atoms with Crippen LogP contribution in [0, 0.1) is 0 Å². The molecule has 1 rings (SSSR count). The van der Waals surface area contributed by atoms with E-state index >= 15 is 0 Å². The number of hydrogen-bond acceptors (Lipinski definition) is 6. The molecule has 1 aromatic heterocycles. The number of methoxy groups -OCH3 is 1. The fraction of sp³-hybridized carbons (Fsp3) is 0.333. The van der Waals surface area contributed by atoms with Gasteiger partial charge in [0.2, 0.25) is 10.0 Å². The van der Waals surface area contributed by atoms with Crippen molar-refractivity contribution in [3.05, 3.63) is 16.3 Å². The number of carbonyl (C=O) groups is 2.